The number of thioether (sulfide) groups is 1. The lowest BCUT2D eigenvalue weighted by Gasteiger charge is -2.24. The third-order valence-corrected chi connectivity index (χ3v) is 7.05. The normalized spacial score (nSPS) is 22.1. The standard InChI is InChI=1S/C23H25FN2O3S/c1-29-18-6-4-5-17(14-18)26-15-16(13-22(26)27)23(28)25-10-9-21(30-12-11-25)19-7-2-3-8-20(19)24/h2-8,14,16,21H,9-13,15H2,1H3. The summed E-state index contributed by atoms with van der Waals surface area (Å²) in [6.07, 6.45) is 0.925. The third kappa shape index (κ3) is 4.31. The Balaban J connectivity index is 1.41. The summed E-state index contributed by atoms with van der Waals surface area (Å²) >= 11 is 1.69. The number of benzene rings is 2. The minimum Gasteiger partial charge on any atom is -0.497 e. The molecule has 2 fully saturated rings. The van der Waals surface area contributed by atoms with Crippen molar-refractivity contribution in [1.82, 2.24) is 4.90 Å². The van der Waals surface area contributed by atoms with Crippen molar-refractivity contribution >= 4 is 29.3 Å². The number of hydrogen-bond donors (Lipinski definition) is 0. The first kappa shape index (κ1) is 20.7. The van der Waals surface area contributed by atoms with Crippen molar-refractivity contribution in [1.29, 1.82) is 0 Å². The average Bonchev–Trinajstić information content (AvgIpc) is 2.99. The molecule has 0 spiro atoms. The van der Waals surface area contributed by atoms with Gasteiger partial charge in [0.05, 0.1) is 13.0 Å². The van der Waals surface area contributed by atoms with Gasteiger partial charge in [0.1, 0.15) is 11.6 Å². The minimum absolute atomic E-state index is 0.0172. The monoisotopic (exact) mass is 428 g/mol. The van der Waals surface area contributed by atoms with Crippen molar-refractivity contribution < 1.29 is 18.7 Å². The van der Waals surface area contributed by atoms with E-state index in [0.717, 1.165) is 11.4 Å². The maximum absolute atomic E-state index is 14.2. The molecule has 2 amide bonds. The number of halogens is 1. The van der Waals surface area contributed by atoms with E-state index in [1.54, 1.807) is 29.8 Å². The summed E-state index contributed by atoms with van der Waals surface area (Å²) in [5.41, 5.74) is 1.46. The number of rotatable bonds is 4. The fourth-order valence-corrected chi connectivity index (χ4v) is 5.39. The first-order valence-electron chi connectivity index (χ1n) is 10.2. The number of methoxy groups -OCH3 is 1. The van der Waals surface area contributed by atoms with Gasteiger partial charge in [-0.1, -0.05) is 24.3 Å². The van der Waals surface area contributed by atoms with Gasteiger partial charge in [0.2, 0.25) is 11.8 Å². The van der Waals surface area contributed by atoms with Gasteiger partial charge in [-0.2, -0.15) is 11.8 Å². The molecule has 0 aromatic heterocycles. The molecule has 4 rings (SSSR count). The van der Waals surface area contributed by atoms with E-state index in [-0.39, 0.29) is 35.2 Å². The van der Waals surface area contributed by atoms with E-state index in [2.05, 4.69) is 0 Å². The van der Waals surface area contributed by atoms with Crippen LogP contribution in [0.15, 0.2) is 48.5 Å². The molecule has 0 radical (unpaired) electrons. The molecule has 2 saturated heterocycles. The molecule has 158 valence electrons. The van der Waals surface area contributed by atoms with Crippen LogP contribution in [0.2, 0.25) is 0 Å². The molecule has 2 aliphatic rings. The van der Waals surface area contributed by atoms with Crippen LogP contribution in [0.4, 0.5) is 10.1 Å². The molecule has 2 atom stereocenters. The molecule has 0 N–H and O–H groups in total. The molecular formula is C23H25FN2O3S. The highest BCUT2D eigenvalue weighted by molar-refractivity contribution is 7.99. The van der Waals surface area contributed by atoms with Gasteiger partial charge in [0.15, 0.2) is 0 Å². The van der Waals surface area contributed by atoms with Crippen LogP contribution in [0.1, 0.15) is 23.7 Å². The number of hydrogen-bond acceptors (Lipinski definition) is 4. The lowest BCUT2D eigenvalue weighted by molar-refractivity contribution is -0.135. The Hall–Kier alpha value is -2.54. The number of carbonyl (C=O) groups excluding carboxylic acids is 2. The van der Waals surface area contributed by atoms with E-state index < -0.39 is 0 Å². The fraction of sp³-hybridized carbons (Fsp3) is 0.391. The van der Waals surface area contributed by atoms with Gasteiger partial charge in [-0.05, 0) is 24.6 Å². The van der Waals surface area contributed by atoms with Crippen LogP contribution in [-0.4, -0.2) is 49.2 Å². The van der Waals surface area contributed by atoms with Gasteiger partial charge in [-0.15, -0.1) is 0 Å². The number of amides is 2. The Labute approximate surface area is 180 Å². The van der Waals surface area contributed by atoms with E-state index in [4.69, 9.17) is 4.74 Å². The molecule has 2 heterocycles. The quantitative estimate of drug-likeness (QED) is 0.741. The minimum atomic E-state index is -0.348. The van der Waals surface area contributed by atoms with Crippen LogP contribution in [-0.2, 0) is 9.59 Å². The number of ether oxygens (including phenoxy) is 1. The Morgan fingerprint density at radius 1 is 1.17 bits per heavy atom. The summed E-state index contributed by atoms with van der Waals surface area (Å²) in [6.45, 7) is 1.58. The van der Waals surface area contributed by atoms with E-state index in [0.29, 0.717) is 37.4 Å². The maximum atomic E-state index is 14.2. The molecule has 2 aromatic carbocycles. The Morgan fingerprint density at radius 3 is 2.80 bits per heavy atom. The molecular weight excluding hydrogens is 403 g/mol. The molecule has 2 aliphatic heterocycles. The number of nitrogens with zero attached hydrogens (tertiary/aromatic N) is 2. The number of anilines is 1. The van der Waals surface area contributed by atoms with E-state index in [1.165, 1.54) is 6.07 Å². The molecule has 30 heavy (non-hydrogen) atoms. The zero-order chi connectivity index (χ0) is 21.1. The van der Waals surface area contributed by atoms with Crippen LogP contribution >= 0.6 is 11.8 Å². The first-order chi connectivity index (χ1) is 14.6. The van der Waals surface area contributed by atoms with Gasteiger partial charge in [-0.3, -0.25) is 9.59 Å². The zero-order valence-electron chi connectivity index (χ0n) is 16.9. The lowest BCUT2D eigenvalue weighted by atomic mass is 10.1. The van der Waals surface area contributed by atoms with Crippen LogP contribution in [0, 0.1) is 11.7 Å². The predicted molar refractivity (Wildman–Crippen MR) is 116 cm³/mol. The highest BCUT2D eigenvalue weighted by Gasteiger charge is 2.38. The Morgan fingerprint density at radius 2 is 2.00 bits per heavy atom. The first-order valence-corrected chi connectivity index (χ1v) is 11.2. The van der Waals surface area contributed by atoms with Crippen LogP contribution in [0.25, 0.3) is 0 Å². The van der Waals surface area contributed by atoms with Crippen LogP contribution < -0.4 is 9.64 Å². The van der Waals surface area contributed by atoms with E-state index in [9.17, 15) is 14.0 Å². The van der Waals surface area contributed by atoms with Gasteiger partial charge in [-0.25, -0.2) is 4.39 Å². The van der Waals surface area contributed by atoms with Crippen molar-refractivity contribution in [3.05, 3.63) is 59.9 Å². The van der Waals surface area contributed by atoms with Crippen LogP contribution in [0.3, 0.4) is 0 Å². The highest BCUT2D eigenvalue weighted by Crippen LogP contribution is 2.36. The summed E-state index contributed by atoms with van der Waals surface area (Å²) < 4.78 is 19.4. The number of carbonyl (C=O) groups is 2. The van der Waals surface area contributed by atoms with E-state index >= 15 is 0 Å². The Kier molecular flexibility index (Phi) is 6.27. The second-order valence-electron chi connectivity index (χ2n) is 7.60. The highest BCUT2D eigenvalue weighted by atomic mass is 32.2. The Bertz CT molecular complexity index is 938. The molecule has 5 nitrogen and oxygen atoms in total. The smallest absolute Gasteiger partial charge is 0.228 e. The second kappa shape index (κ2) is 9.08. The lowest BCUT2D eigenvalue weighted by Crippen LogP contribution is -2.38. The molecule has 0 bridgehead atoms. The summed E-state index contributed by atoms with van der Waals surface area (Å²) in [5, 5.41) is 0.0440. The fourth-order valence-electron chi connectivity index (χ4n) is 4.13. The largest absolute Gasteiger partial charge is 0.497 e. The predicted octanol–water partition coefficient (Wildman–Crippen LogP) is 3.89. The topological polar surface area (TPSA) is 49.9 Å². The van der Waals surface area contributed by atoms with Crippen molar-refractivity contribution in [2.45, 2.75) is 18.1 Å². The summed E-state index contributed by atoms with van der Waals surface area (Å²) in [6, 6.07) is 14.2. The molecule has 2 unspecified atom stereocenters. The van der Waals surface area contributed by atoms with Crippen molar-refractivity contribution in [2.75, 3.05) is 37.4 Å². The van der Waals surface area contributed by atoms with E-state index in [1.807, 2.05) is 41.3 Å². The van der Waals surface area contributed by atoms with Crippen molar-refractivity contribution in [3.8, 4) is 5.75 Å². The molecule has 0 saturated carbocycles. The van der Waals surface area contributed by atoms with Crippen molar-refractivity contribution in [3.63, 3.8) is 0 Å². The van der Waals surface area contributed by atoms with Gasteiger partial charge in [0.25, 0.3) is 0 Å². The molecule has 2 aromatic rings. The molecule has 0 aliphatic carbocycles. The van der Waals surface area contributed by atoms with Crippen molar-refractivity contribution in [2.24, 2.45) is 5.92 Å². The SMILES string of the molecule is COc1cccc(N2CC(C(=O)N3CCSC(c4ccccc4F)CC3)CC2=O)c1. The summed E-state index contributed by atoms with van der Waals surface area (Å²) in [4.78, 5) is 29.2. The average molecular weight is 429 g/mol. The van der Waals surface area contributed by atoms with Gasteiger partial charge < -0.3 is 14.5 Å². The zero-order valence-corrected chi connectivity index (χ0v) is 17.7. The summed E-state index contributed by atoms with van der Waals surface area (Å²) in [5.74, 6) is 0.867. The summed E-state index contributed by atoms with van der Waals surface area (Å²) in [7, 11) is 1.59. The maximum Gasteiger partial charge on any atom is 0.228 e. The van der Waals surface area contributed by atoms with Gasteiger partial charge in [0, 0.05) is 54.4 Å². The second-order valence-corrected chi connectivity index (χ2v) is 8.91. The van der Waals surface area contributed by atoms with Crippen LogP contribution in [0.5, 0.6) is 5.75 Å². The third-order valence-electron chi connectivity index (χ3n) is 5.74. The van der Waals surface area contributed by atoms with Gasteiger partial charge >= 0.3 is 0 Å². The molecule has 7 heteroatoms.